The summed E-state index contributed by atoms with van der Waals surface area (Å²) in [5.74, 6) is 2.85. The van der Waals surface area contributed by atoms with Crippen LogP contribution < -0.4 is 10.6 Å². The average molecular weight is 282 g/mol. The molecule has 2 N–H and O–H groups in total. The molecule has 110 valence electrons. The predicted molar refractivity (Wildman–Crippen MR) is 86.2 cm³/mol. The van der Waals surface area contributed by atoms with E-state index in [1.54, 1.807) is 6.33 Å². The normalized spacial score (nSPS) is 25.8. The number of aromatic nitrogens is 2. The highest BCUT2D eigenvalue weighted by Crippen LogP contribution is 2.38. The van der Waals surface area contributed by atoms with E-state index in [4.69, 9.17) is 5.73 Å². The van der Waals surface area contributed by atoms with Gasteiger partial charge < -0.3 is 10.6 Å². The summed E-state index contributed by atoms with van der Waals surface area (Å²) in [6.45, 7) is 2.26. The SMILES string of the molecule is Nc1ccc2ncnc(N3CCC4CCCCC4C3)c2c1. The second-order valence-electron chi connectivity index (χ2n) is 6.51. The lowest BCUT2D eigenvalue weighted by Crippen LogP contribution is -2.42. The number of hydrogen-bond acceptors (Lipinski definition) is 4. The van der Waals surface area contributed by atoms with Crippen molar-refractivity contribution in [1.82, 2.24) is 9.97 Å². The Hall–Kier alpha value is -1.84. The minimum absolute atomic E-state index is 0.783. The number of nitrogen functional groups attached to an aromatic ring is 1. The predicted octanol–water partition coefficient (Wildman–Crippen LogP) is 3.23. The van der Waals surface area contributed by atoms with Crippen LogP contribution in [0.5, 0.6) is 0 Å². The number of benzene rings is 1. The third-order valence-corrected chi connectivity index (χ3v) is 5.23. The van der Waals surface area contributed by atoms with Gasteiger partial charge in [0.25, 0.3) is 0 Å². The van der Waals surface area contributed by atoms with E-state index in [0.717, 1.165) is 47.3 Å². The van der Waals surface area contributed by atoms with Gasteiger partial charge >= 0.3 is 0 Å². The van der Waals surface area contributed by atoms with Crippen molar-refractivity contribution >= 4 is 22.4 Å². The smallest absolute Gasteiger partial charge is 0.139 e. The maximum Gasteiger partial charge on any atom is 0.139 e. The molecule has 1 aliphatic carbocycles. The van der Waals surface area contributed by atoms with Gasteiger partial charge in [-0.2, -0.15) is 0 Å². The van der Waals surface area contributed by atoms with Crippen molar-refractivity contribution in [3.63, 3.8) is 0 Å². The van der Waals surface area contributed by atoms with E-state index in [0.29, 0.717) is 0 Å². The zero-order valence-electron chi connectivity index (χ0n) is 12.3. The summed E-state index contributed by atoms with van der Waals surface area (Å²) in [4.78, 5) is 11.4. The first-order chi connectivity index (χ1) is 10.3. The number of fused-ring (bicyclic) bond motifs is 2. The van der Waals surface area contributed by atoms with Crippen LogP contribution >= 0.6 is 0 Å². The van der Waals surface area contributed by atoms with Crippen molar-refractivity contribution in [2.45, 2.75) is 32.1 Å². The number of nitrogens with zero attached hydrogens (tertiary/aromatic N) is 3. The Morgan fingerprint density at radius 3 is 2.81 bits per heavy atom. The fourth-order valence-corrected chi connectivity index (χ4v) is 4.11. The van der Waals surface area contributed by atoms with E-state index >= 15 is 0 Å². The van der Waals surface area contributed by atoms with Crippen LogP contribution in [0.2, 0.25) is 0 Å². The van der Waals surface area contributed by atoms with Gasteiger partial charge in [-0.1, -0.05) is 19.3 Å². The first-order valence-corrected chi connectivity index (χ1v) is 8.06. The molecular weight excluding hydrogens is 260 g/mol. The molecule has 4 heteroatoms. The molecule has 2 atom stereocenters. The van der Waals surface area contributed by atoms with Crippen molar-refractivity contribution in [1.29, 1.82) is 0 Å². The molecule has 1 saturated heterocycles. The summed E-state index contributed by atoms with van der Waals surface area (Å²) in [7, 11) is 0. The molecule has 4 nitrogen and oxygen atoms in total. The van der Waals surface area contributed by atoms with Crippen LogP contribution in [0.1, 0.15) is 32.1 Å². The van der Waals surface area contributed by atoms with E-state index in [-0.39, 0.29) is 0 Å². The van der Waals surface area contributed by atoms with E-state index < -0.39 is 0 Å². The first-order valence-electron chi connectivity index (χ1n) is 8.06. The molecule has 0 bridgehead atoms. The molecule has 2 aliphatic rings. The lowest BCUT2D eigenvalue weighted by Gasteiger charge is -2.42. The third-order valence-electron chi connectivity index (χ3n) is 5.23. The molecule has 2 aromatic rings. The van der Waals surface area contributed by atoms with E-state index in [1.807, 2.05) is 18.2 Å². The second-order valence-corrected chi connectivity index (χ2v) is 6.51. The number of hydrogen-bond donors (Lipinski definition) is 1. The van der Waals surface area contributed by atoms with Gasteiger partial charge in [0, 0.05) is 24.2 Å². The Balaban J connectivity index is 1.68. The third kappa shape index (κ3) is 2.33. The number of piperidine rings is 1. The molecule has 2 heterocycles. The minimum atomic E-state index is 0.783. The van der Waals surface area contributed by atoms with Gasteiger partial charge in [-0.05, 0) is 42.9 Å². The number of nitrogens with two attached hydrogens (primary N) is 1. The highest BCUT2D eigenvalue weighted by molar-refractivity contribution is 5.91. The fraction of sp³-hybridized carbons (Fsp3) is 0.529. The summed E-state index contributed by atoms with van der Waals surface area (Å²) >= 11 is 0. The zero-order valence-corrected chi connectivity index (χ0v) is 12.3. The van der Waals surface area contributed by atoms with Crippen molar-refractivity contribution in [3.8, 4) is 0 Å². The zero-order chi connectivity index (χ0) is 14.2. The van der Waals surface area contributed by atoms with E-state index in [1.165, 1.54) is 32.1 Å². The van der Waals surface area contributed by atoms with Gasteiger partial charge in [0.15, 0.2) is 0 Å². The minimum Gasteiger partial charge on any atom is -0.399 e. The van der Waals surface area contributed by atoms with Crippen molar-refractivity contribution in [2.75, 3.05) is 23.7 Å². The highest BCUT2D eigenvalue weighted by atomic mass is 15.2. The molecule has 4 rings (SSSR count). The highest BCUT2D eigenvalue weighted by Gasteiger charge is 2.32. The molecule has 21 heavy (non-hydrogen) atoms. The van der Waals surface area contributed by atoms with Crippen LogP contribution in [0.25, 0.3) is 10.9 Å². The van der Waals surface area contributed by atoms with Crippen LogP contribution in [-0.2, 0) is 0 Å². The monoisotopic (exact) mass is 282 g/mol. The topological polar surface area (TPSA) is 55.0 Å². The molecule has 0 radical (unpaired) electrons. The second kappa shape index (κ2) is 5.17. The summed E-state index contributed by atoms with van der Waals surface area (Å²) in [5.41, 5.74) is 7.72. The lowest BCUT2D eigenvalue weighted by molar-refractivity contribution is 0.202. The molecule has 0 spiro atoms. The molecule has 1 aromatic carbocycles. The molecule has 0 amide bonds. The standard InChI is InChI=1S/C17H22N4/c18-14-5-6-16-15(9-14)17(20-11-19-16)21-8-7-12-3-1-2-4-13(12)10-21/h5-6,9,11-13H,1-4,7-8,10,18H2. The Morgan fingerprint density at radius 2 is 1.90 bits per heavy atom. The Labute approximate surface area is 125 Å². The van der Waals surface area contributed by atoms with Crippen molar-refractivity contribution in [2.24, 2.45) is 11.8 Å². The molecule has 1 saturated carbocycles. The van der Waals surface area contributed by atoms with E-state index in [9.17, 15) is 0 Å². The molecule has 2 unspecified atom stereocenters. The maximum absolute atomic E-state index is 5.95. The van der Waals surface area contributed by atoms with Crippen LogP contribution in [-0.4, -0.2) is 23.1 Å². The summed E-state index contributed by atoms with van der Waals surface area (Å²) in [6, 6.07) is 5.91. The fourth-order valence-electron chi connectivity index (χ4n) is 4.11. The van der Waals surface area contributed by atoms with Gasteiger partial charge in [-0.15, -0.1) is 0 Å². The van der Waals surface area contributed by atoms with Crippen LogP contribution in [0.3, 0.4) is 0 Å². The van der Waals surface area contributed by atoms with Gasteiger partial charge in [0.05, 0.1) is 5.52 Å². The summed E-state index contributed by atoms with van der Waals surface area (Å²) in [5, 5.41) is 1.09. The number of anilines is 2. The van der Waals surface area contributed by atoms with Crippen molar-refractivity contribution in [3.05, 3.63) is 24.5 Å². The van der Waals surface area contributed by atoms with Gasteiger partial charge in [0.1, 0.15) is 12.1 Å². The van der Waals surface area contributed by atoms with Gasteiger partial charge in [-0.3, -0.25) is 0 Å². The average Bonchev–Trinajstić information content (AvgIpc) is 2.54. The largest absolute Gasteiger partial charge is 0.399 e. The number of rotatable bonds is 1. The maximum atomic E-state index is 5.95. The van der Waals surface area contributed by atoms with Crippen LogP contribution in [0, 0.1) is 11.8 Å². The molecular formula is C17H22N4. The molecule has 2 fully saturated rings. The summed E-state index contributed by atoms with van der Waals surface area (Å²) < 4.78 is 0. The summed E-state index contributed by atoms with van der Waals surface area (Å²) in [6.07, 6.45) is 8.61. The van der Waals surface area contributed by atoms with Gasteiger partial charge in [0.2, 0.25) is 0 Å². The van der Waals surface area contributed by atoms with Crippen molar-refractivity contribution < 1.29 is 0 Å². The molecule has 1 aromatic heterocycles. The Kier molecular flexibility index (Phi) is 3.17. The Morgan fingerprint density at radius 1 is 1.05 bits per heavy atom. The van der Waals surface area contributed by atoms with Crippen LogP contribution in [0.15, 0.2) is 24.5 Å². The van der Waals surface area contributed by atoms with Crippen LogP contribution in [0.4, 0.5) is 11.5 Å². The Bertz CT molecular complexity index is 654. The molecule has 1 aliphatic heterocycles. The van der Waals surface area contributed by atoms with E-state index in [2.05, 4.69) is 14.9 Å². The lowest BCUT2D eigenvalue weighted by atomic mass is 9.75. The quantitative estimate of drug-likeness (QED) is 0.816. The first kappa shape index (κ1) is 12.9. The van der Waals surface area contributed by atoms with Gasteiger partial charge in [-0.25, -0.2) is 9.97 Å².